The van der Waals surface area contributed by atoms with Crippen LogP contribution in [0, 0.1) is 5.41 Å². The lowest BCUT2D eigenvalue weighted by Gasteiger charge is -2.22. The number of ether oxygens (including phenoxy) is 1. The fraction of sp³-hybridized carbons (Fsp3) is 0.353. The summed E-state index contributed by atoms with van der Waals surface area (Å²) in [6.45, 7) is 2.98. The first kappa shape index (κ1) is 15.2. The highest BCUT2D eigenvalue weighted by molar-refractivity contribution is 6.07. The Morgan fingerprint density at radius 3 is 2.24 bits per heavy atom. The van der Waals surface area contributed by atoms with E-state index in [9.17, 15) is 14.4 Å². The summed E-state index contributed by atoms with van der Waals surface area (Å²) in [5.41, 5.74) is 0.242. The number of ketones is 2. The number of carbonyl (C=O) groups excluding carboxylic acids is 3. The molecule has 1 aromatic rings. The molecule has 0 aromatic heterocycles. The van der Waals surface area contributed by atoms with Crippen LogP contribution in [0.4, 0.5) is 0 Å². The summed E-state index contributed by atoms with van der Waals surface area (Å²) >= 11 is 0. The lowest BCUT2D eigenvalue weighted by molar-refractivity contribution is -0.141. The molecule has 0 saturated carbocycles. The van der Waals surface area contributed by atoms with E-state index in [0.717, 1.165) is 5.56 Å². The van der Waals surface area contributed by atoms with Crippen molar-refractivity contribution < 1.29 is 19.1 Å². The SMILES string of the molecule is CC(=O)C1(C(C)=O)CC=C(C(=O)OCc2ccccc2)C1. The number of hydrogen-bond donors (Lipinski definition) is 0. The summed E-state index contributed by atoms with van der Waals surface area (Å²) < 4.78 is 5.23. The van der Waals surface area contributed by atoms with Crippen LogP contribution in [0.1, 0.15) is 32.3 Å². The fourth-order valence-electron chi connectivity index (χ4n) is 2.52. The summed E-state index contributed by atoms with van der Waals surface area (Å²) in [7, 11) is 0. The summed E-state index contributed by atoms with van der Waals surface area (Å²) in [5, 5.41) is 0. The molecule has 0 radical (unpaired) electrons. The van der Waals surface area contributed by atoms with Crippen LogP contribution < -0.4 is 0 Å². The van der Waals surface area contributed by atoms with Gasteiger partial charge >= 0.3 is 5.97 Å². The second-order valence-corrected chi connectivity index (χ2v) is 5.37. The van der Waals surface area contributed by atoms with Gasteiger partial charge in [-0.2, -0.15) is 0 Å². The van der Waals surface area contributed by atoms with Gasteiger partial charge in [0, 0.05) is 5.57 Å². The number of rotatable bonds is 5. The lowest BCUT2D eigenvalue weighted by Crippen LogP contribution is -2.34. The van der Waals surface area contributed by atoms with Gasteiger partial charge < -0.3 is 4.74 Å². The lowest BCUT2D eigenvalue weighted by atomic mass is 9.77. The van der Waals surface area contributed by atoms with Gasteiger partial charge in [-0.05, 0) is 32.3 Å². The highest BCUT2D eigenvalue weighted by Gasteiger charge is 2.45. The summed E-state index contributed by atoms with van der Waals surface area (Å²) in [4.78, 5) is 35.5. The van der Waals surface area contributed by atoms with Crippen molar-refractivity contribution in [2.75, 3.05) is 0 Å². The standard InChI is InChI=1S/C17H18O4/c1-12(18)17(13(2)19)9-8-15(10-17)16(20)21-11-14-6-4-3-5-7-14/h3-8H,9-11H2,1-2H3. The molecule has 0 heterocycles. The minimum absolute atomic E-state index is 0.144. The Hall–Kier alpha value is -2.23. The predicted molar refractivity (Wildman–Crippen MR) is 77.4 cm³/mol. The van der Waals surface area contributed by atoms with Gasteiger partial charge in [-0.15, -0.1) is 0 Å². The van der Waals surface area contributed by atoms with E-state index in [4.69, 9.17) is 4.74 Å². The van der Waals surface area contributed by atoms with Crippen molar-refractivity contribution in [3.8, 4) is 0 Å². The zero-order valence-corrected chi connectivity index (χ0v) is 12.2. The molecular formula is C17H18O4. The Balaban J connectivity index is 1.99. The molecule has 4 heteroatoms. The molecule has 1 aromatic carbocycles. The molecule has 2 rings (SSSR count). The van der Waals surface area contributed by atoms with Gasteiger partial charge in [0.15, 0.2) is 0 Å². The predicted octanol–water partition coefficient (Wildman–Crippen LogP) is 2.61. The van der Waals surface area contributed by atoms with E-state index >= 15 is 0 Å². The number of hydrogen-bond acceptors (Lipinski definition) is 4. The van der Waals surface area contributed by atoms with Crippen molar-refractivity contribution in [2.45, 2.75) is 33.3 Å². The fourth-order valence-corrected chi connectivity index (χ4v) is 2.52. The second kappa shape index (κ2) is 6.04. The number of carbonyl (C=O) groups is 3. The van der Waals surface area contributed by atoms with Gasteiger partial charge in [0.1, 0.15) is 18.2 Å². The maximum Gasteiger partial charge on any atom is 0.334 e. The van der Waals surface area contributed by atoms with Crippen LogP contribution in [-0.4, -0.2) is 17.5 Å². The molecule has 0 amide bonds. The van der Waals surface area contributed by atoms with Crippen LogP contribution in [0.25, 0.3) is 0 Å². The van der Waals surface area contributed by atoms with Crippen molar-refractivity contribution in [2.24, 2.45) is 5.41 Å². The van der Waals surface area contributed by atoms with Crippen molar-refractivity contribution in [1.82, 2.24) is 0 Å². The average molecular weight is 286 g/mol. The third-order valence-electron chi connectivity index (χ3n) is 4.01. The third kappa shape index (κ3) is 3.10. The van der Waals surface area contributed by atoms with Crippen LogP contribution in [0.15, 0.2) is 42.0 Å². The van der Waals surface area contributed by atoms with Gasteiger partial charge in [-0.25, -0.2) is 4.79 Å². The first-order chi connectivity index (χ1) is 9.95. The zero-order valence-electron chi connectivity index (χ0n) is 12.2. The largest absolute Gasteiger partial charge is 0.457 e. The molecule has 0 N–H and O–H groups in total. The van der Waals surface area contributed by atoms with E-state index in [1.165, 1.54) is 13.8 Å². The van der Waals surface area contributed by atoms with Crippen LogP contribution in [0.2, 0.25) is 0 Å². The second-order valence-electron chi connectivity index (χ2n) is 5.37. The van der Waals surface area contributed by atoms with Crippen molar-refractivity contribution in [3.05, 3.63) is 47.5 Å². The Morgan fingerprint density at radius 1 is 1.10 bits per heavy atom. The molecule has 1 aliphatic rings. The van der Waals surface area contributed by atoms with E-state index in [-0.39, 0.29) is 31.0 Å². The topological polar surface area (TPSA) is 60.4 Å². The number of benzene rings is 1. The van der Waals surface area contributed by atoms with Crippen molar-refractivity contribution in [3.63, 3.8) is 0 Å². The quantitative estimate of drug-likeness (QED) is 0.616. The minimum Gasteiger partial charge on any atom is -0.457 e. The Morgan fingerprint density at radius 2 is 1.71 bits per heavy atom. The Labute approximate surface area is 123 Å². The monoisotopic (exact) mass is 286 g/mol. The van der Waals surface area contributed by atoms with Gasteiger partial charge in [0.25, 0.3) is 0 Å². The van der Waals surface area contributed by atoms with Crippen LogP contribution in [0.3, 0.4) is 0 Å². The summed E-state index contributed by atoms with van der Waals surface area (Å²) in [6.07, 6.45) is 2.08. The van der Waals surface area contributed by atoms with Crippen molar-refractivity contribution in [1.29, 1.82) is 0 Å². The van der Waals surface area contributed by atoms with Gasteiger partial charge in [0.05, 0.1) is 5.41 Å². The number of Topliss-reactive ketones (excluding diaryl/α,β-unsaturated/α-hetero) is 2. The maximum atomic E-state index is 12.0. The molecule has 110 valence electrons. The molecule has 0 saturated heterocycles. The number of allylic oxidation sites excluding steroid dienone is 1. The zero-order chi connectivity index (χ0) is 15.5. The molecular weight excluding hydrogens is 268 g/mol. The minimum atomic E-state index is -1.07. The molecule has 0 unspecified atom stereocenters. The molecule has 0 fully saturated rings. The maximum absolute atomic E-state index is 12.0. The van der Waals surface area contributed by atoms with E-state index in [1.54, 1.807) is 6.08 Å². The Kier molecular flexibility index (Phi) is 4.36. The highest BCUT2D eigenvalue weighted by atomic mass is 16.5. The molecule has 0 spiro atoms. The average Bonchev–Trinajstić information content (AvgIpc) is 2.92. The van der Waals surface area contributed by atoms with Crippen LogP contribution >= 0.6 is 0 Å². The molecule has 0 atom stereocenters. The van der Waals surface area contributed by atoms with Gasteiger partial charge in [0.2, 0.25) is 0 Å². The number of esters is 1. The van der Waals surface area contributed by atoms with E-state index in [1.807, 2.05) is 30.3 Å². The van der Waals surface area contributed by atoms with Crippen molar-refractivity contribution >= 4 is 17.5 Å². The van der Waals surface area contributed by atoms with Gasteiger partial charge in [-0.1, -0.05) is 36.4 Å². The first-order valence-corrected chi connectivity index (χ1v) is 6.88. The normalized spacial score (nSPS) is 16.2. The molecule has 0 bridgehead atoms. The highest BCUT2D eigenvalue weighted by Crippen LogP contribution is 2.39. The van der Waals surface area contributed by atoms with E-state index in [0.29, 0.717) is 5.57 Å². The van der Waals surface area contributed by atoms with E-state index < -0.39 is 11.4 Å². The molecule has 21 heavy (non-hydrogen) atoms. The molecule has 0 aliphatic heterocycles. The Bertz CT molecular complexity index is 584. The summed E-state index contributed by atoms with van der Waals surface area (Å²) in [6, 6.07) is 9.36. The first-order valence-electron chi connectivity index (χ1n) is 6.88. The van der Waals surface area contributed by atoms with Crippen LogP contribution in [0.5, 0.6) is 0 Å². The summed E-state index contributed by atoms with van der Waals surface area (Å²) in [5.74, 6) is -0.850. The smallest absolute Gasteiger partial charge is 0.334 e. The molecule has 4 nitrogen and oxygen atoms in total. The van der Waals surface area contributed by atoms with E-state index in [2.05, 4.69) is 0 Å². The van der Waals surface area contributed by atoms with Gasteiger partial charge in [-0.3, -0.25) is 9.59 Å². The third-order valence-corrected chi connectivity index (χ3v) is 4.01. The molecule has 1 aliphatic carbocycles. The van der Waals surface area contributed by atoms with Crippen LogP contribution in [-0.2, 0) is 25.7 Å².